The lowest BCUT2D eigenvalue weighted by molar-refractivity contribution is 0.518. The first-order valence-corrected chi connectivity index (χ1v) is 5.93. The first-order valence-electron chi connectivity index (χ1n) is 5.93. The Hall–Kier alpha value is -1.78. The van der Waals surface area contributed by atoms with Crippen LogP contribution in [0.1, 0.15) is 37.0 Å². The quantitative estimate of drug-likeness (QED) is 0.747. The van der Waals surface area contributed by atoms with Gasteiger partial charge in [0.2, 0.25) is 0 Å². The summed E-state index contributed by atoms with van der Waals surface area (Å²) in [6.07, 6.45) is 3.82. The van der Waals surface area contributed by atoms with E-state index in [1.807, 2.05) is 17.8 Å². The number of rotatable bonds is 1. The predicted octanol–water partition coefficient (Wildman–Crippen LogP) is 1.72. The fourth-order valence-corrected chi connectivity index (χ4v) is 2.24. The van der Waals surface area contributed by atoms with Crippen LogP contribution < -0.4 is 0 Å². The number of aromatic nitrogens is 5. The molecule has 0 bridgehead atoms. The molecule has 0 saturated heterocycles. The SMILES string of the molecule is Cc1ncc2c(n1)-c1c(nnn1C(C)C)CC2. The Kier molecular flexibility index (Phi) is 2.21. The second-order valence-corrected chi connectivity index (χ2v) is 4.71. The number of hydrogen-bond donors (Lipinski definition) is 0. The van der Waals surface area contributed by atoms with Crippen LogP contribution in [0.15, 0.2) is 6.20 Å². The molecule has 5 nitrogen and oxygen atoms in total. The minimum Gasteiger partial charge on any atom is -0.241 e. The molecular formula is C12H15N5. The van der Waals surface area contributed by atoms with Crippen molar-refractivity contribution in [3.8, 4) is 11.4 Å². The molecule has 0 atom stereocenters. The van der Waals surface area contributed by atoms with Gasteiger partial charge >= 0.3 is 0 Å². The third-order valence-corrected chi connectivity index (χ3v) is 3.09. The van der Waals surface area contributed by atoms with Gasteiger partial charge < -0.3 is 0 Å². The third-order valence-electron chi connectivity index (χ3n) is 3.09. The van der Waals surface area contributed by atoms with E-state index in [4.69, 9.17) is 0 Å². The minimum absolute atomic E-state index is 0.299. The van der Waals surface area contributed by atoms with Gasteiger partial charge in [-0.05, 0) is 39.2 Å². The lowest BCUT2D eigenvalue weighted by atomic mass is 9.97. The Morgan fingerprint density at radius 2 is 2.12 bits per heavy atom. The fraction of sp³-hybridized carbons (Fsp3) is 0.500. The Balaban J connectivity index is 2.26. The molecule has 2 heterocycles. The normalized spacial score (nSPS) is 13.6. The molecule has 0 amide bonds. The summed E-state index contributed by atoms with van der Waals surface area (Å²) in [5, 5.41) is 8.49. The molecule has 0 saturated carbocycles. The minimum atomic E-state index is 0.299. The van der Waals surface area contributed by atoms with Gasteiger partial charge in [0.05, 0.1) is 11.4 Å². The van der Waals surface area contributed by atoms with Gasteiger partial charge in [-0.2, -0.15) is 0 Å². The average Bonchev–Trinajstić information content (AvgIpc) is 2.73. The molecule has 1 aliphatic rings. The maximum atomic E-state index is 4.56. The van der Waals surface area contributed by atoms with E-state index in [0.29, 0.717) is 6.04 Å². The highest BCUT2D eigenvalue weighted by molar-refractivity contribution is 5.64. The van der Waals surface area contributed by atoms with Gasteiger partial charge in [-0.25, -0.2) is 14.6 Å². The Bertz CT molecular complexity index is 570. The Labute approximate surface area is 99.9 Å². The molecule has 0 fully saturated rings. The van der Waals surface area contributed by atoms with Gasteiger partial charge in [0, 0.05) is 12.2 Å². The molecule has 0 spiro atoms. The third kappa shape index (κ3) is 1.53. The molecule has 1 aliphatic carbocycles. The number of nitrogens with zero attached hydrogens (tertiary/aromatic N) is 5. The summed E-state index contributed by atoms with van der Waals surface area (Å²) in [6.45, 7) is 6.13. The van der Waals surface area contributed by atoms with Gasteiger partial charge in [-0.3, -0.25) is 0 Å². The summed E-state index contributed by atoms with van der Waals surface area (Å²) in [4.78, 5) is 8.82. The van der Waals surface area contributed by atoms with Crippen LogP contribution in [-0.4, -0.2) is 25.0 Å². The summed E-state index contributed by atoms with van der Waals surface area (Å²) in [5.74, 6) is 0.799. The predicted molar refractivity (Wildman–Crippen MR) is 63.6 cm³/mol. The topological polar surface area (TPSA) is 56.5 Å². The molecule has 2 aromatic rings. The molecule has 5 heteroatoms. The summed E-state index contributed by atoms with van der Waals surface area (Å²) in [7, 11) is 0. The van der Waals surface area contributed by atoms with Crippen molar-refractivity contribution < 1.29 is 0 Å². The van der Waals surface area contributed by atoms with Crippen LogP contribution in [0, 0.1) is 6.92 Å². The fourth-order valence-electron chi connectivity index (χ4n) is 2.24. The van der Waals surface area contributed by atoms with Crippen LogP contribution in [0.2, 0.25) is 0 Å². The Morgan fingerprint density at radius 1 is 1.29 bits per heavy atom. The molecule has 0 unspecified atom stereocenters. The molecule has 0 N–H and O–H groups in total. The van der Waals surface area contributed by atoms with Crippen LogP contribution in [-0.2, 0) is 12.8 Å². The van der Waals surface area contributed by atoms with Crippen molar-refractivity contribution in [3.05, 3.63) is 23.3 Å². The number of hydrogen-bond acceptors (Lipinski definition) is 4. The summed E-state index contributed by atoms with van der Waals surface area (Å²) in [5.41, 5.74) is 4.35. The van der Waals surface area contributed by atoms with E-state index < -0.39 is 0 Å². The first-order chi connectivity index (χ1) is 8.16. The molecule has 2 aromatic heterocycles. The zero-order valence-electron chi connectivity index (χ0n) is 10.3. The van der Waals surface area contributed by atoms with Gasteiger partial charge in [0.1, 0.15) is 11.5 Å². The van der Waals surface area contributed by atoms with Crippen LogP contribution >= 0.6 is 0 Å². The largest absolute Gasteiger partial charge is 0.241 e. The van der Waals surface area contributed by atoms with E-state index in [1.165, 1.54) is 5.56 Å². The average molecular weight is 229 g/mol. The summed E-state index contributed by atoms with van der Waals surface area (Å²) >= 11 is 0. The maximum Gasteiger partial charge on any atom is 0.125 e. The highest BCUT2D eigenvalue weighted by Crippen LogP contribution is 2.31. The molecule has 17 heavy (non-hydrogen) atoms. The van der Waals surface area contributed by atoms with E-state index in [0.717, 1.165) is 35.7 Å². The zero-order valence-corrected chi connectivity index (χ0v) is 10.3. The smallest absolute Gasteiger partial charge is 0.125 e. The highest BCUT2D eigenvalue weighted by atomic mass is 15.4. The van der Waals surface area contributed by atoms with Gasteiger partial charge in [0.15, 0.2) is 0 Å². The van der Waals surface area contributed by atoms with Crippen molar-refractivity contribution in [2.24, 2.45) is 0 Å². The van der Waals surface area contributed by atoms with Crippen molar-refractivity contribution in [2.45, 2.75) is 39.7 Å². The molecule has 3 rings (SSSR count). The number of fused-ring (bicyclic) bond motifs is 3. The first kappa shape index (κ1) is 10.4. The van der Waals surface area contributed by atoms with Gasteiger partial charge in [-0.15, -0.1) is 5.10 Å². The lowest BCUT2D eigenvalue weighted by Crippen LogP contribution is -2.12. The monoisotopic (exact) mass is 229 g/mol. The lowest BCUT2D eigenvalue weighted by Gasteiger charge is -2.17. The molecule has 88 valence electrons. The van der Waals surface area contributed by atoms with E-state index in [9.17, 15) is 0 Å². The van der Waals surface area contributed by atoms with E-state index in [2.05, 4.69) is 34.1 Å². The van der Waals surface area contributed by atoms with Crippen LogP contribution in [0.5, 0.6) is 0 Å². The maximum absolute atomic E-state index is 4.56. The van der Waals surface area contributed by atoms with E-state index in [1.54, 1.807) is 0 Å². The zero-order chi connectivity index (χ0) is 12.0. The van der Waals surface area contributed by atoms with Crippen molar-refractivity contribution >= 4 is 0 Å². The molecule has 0 radical (unpaired) electrons. The van der Waals surface area contributed by atoms with E-state index >= 15 is 0 Å². The van der Waals surface area contributed by atoms with Crippen LogP contribution in [0.3, 0.4) is 0 Å². The molecule has 0 aromatic carbocycles. The van der Waals surface area contributed by atoms with Gasteiger partial charge in [0.25, 0.3) is 0 Å². The van der Waals surface area contributed by atoms with Crippen molar-refractivity contribution in [1.82, 2.24) is 25.0 Å². The highest BCUT2D eigenvalue weighted by Gasteiger charge is 2.25. The standard InChI is InChI=1S/C12H15N5/c1-7(2)17-12-10(15-16-17)5-4-9-6-13-8(3)14-11(9)12/h6-7H,4-5H2,1-3H3. The van der Waals surface area contributed by atoms with Crippen molar-refractivity contribution in [3.63, 3.8) is 0 Å². The van der Waals surface area contributed by atoms with Gasteiger partial charge in [-0.1, -0.05) is 5.21 Å². The summed E-state index contributed by atoms with van der Waals surface area (Å²) in [6, 6.07) is 0.299. The Morgan fingerprint density at radius 3 is 2.88 bits per heavy atom. The van der Waals surface area contributed by atoms with Crippen LogP contribution in [0.25, 0.3) is 11.4 Å². The van der Waals surface area contributed by atoms with Crippen molar-refractivity contribution in [1.29, 1.82) is 0 Å². The molecular weight excluding hydrogens is 214 g/mol. The van der Waals surface area contributed by atoms with Crippen molar-refractivity contribution in [2.75, 3.05) is 0 Å². The second-order valence-electron chi connectivity index (χ2n) is 4.71. The van der Waals surface area contributed by atoms with E-state index in [-0.39, 0.29) is 0 Å². The van der Waals surface area contributed by atoms with Crippen LogP contribution in [0.4, 0.5) is 0 Å². The number of aryl methyl sites for hydroxylation is 3. The summed E-state index contributed by atoms with van der Waals surface area (Å²) < 4.78 is 1.96. The molecule has 0 aliphatic heterocycles. The second kappa shape index (κ2) is 3.61.